The molecule has 3 nitrogen and oxygen atoms in total. The van der Waals surface area contributed by atoms with Crippen molar-refractivity contribution >= 4 is 63.8 Å². The summed E-state index contributed by atoms with van der Waals surface area (Å²) in [4.78, 5) is 15.8. The molecule has 12 rings (SSSR count). The van der Waals surface area contributed by atoms with Crippen LogP contribution in [0.25, 0.3) is 120 Å². The Hall–Kier alpha value is -7.79. The fourth-order valence-corrected chi connectivity index (χ4v) is 10.4. The average Bonchev–Trinajstić information content (AvgIpc) is 3.72. The summed E-state index contributed by atoms with van der Waals surface area (Å²) >= 11 is 1.79. The molecule has 0 spiro atoms. The van der Waals surface area contributed by atoms with Gasteiger partial charge in [0, 0.05) is 36.9 Å². The number of thiophene rings is 1. The van der Waals surface area contributed by atoms with Crippen LogP contribution in [0.3, 0.4) is 0 Å². The van der Waals surface area contributed by atoms with Crippen LogP contribution in [-0.4, -0.2) is 15.0 Å². The molecule has 0 unspecified atom stereocenters. The molecule has 0 aliphatic rings. The molecular formula is C57H35N3S. The van der Waals surface area contributed by atoms with Crippen molar-refractivity contribution in [3.63, 3.8) is 0 Å². The van der Waals surface area contributed by atoms with E-state index in [0.29, 0.717) is 17.5 Å². The first kappa shape index (κ1) is 35.2. The Balaban J connectivity index is 1.12. The Labute approximate surface area is 356 Å². The van der Waals surface area contributed by atoms with Crippen LogP contribution in [0.2, 0.25) is 0 Å². The van der Waals surface area contributed by atoms with E-state index in [9.17, 15) is 0 Å². The number of nitrogens with zero attached hydrogens (tertiary/aromatic N) is 3. The Morgan fingerprint density at radius 1 is 0.262 bits per heavy atom. The molecule has 0 saturated carbocycles. The second-order valence-corrected chi connectivity index (χ2v) is 16.5. The Kier molecular flexibility index (Phi) is 8.36. The monoisotopic (exact) mass is 793 g/mol. The summed E-state index contributed by atoms with van der Waals surface area (Å²) in [7, 11) is 0. The van der Waals surface area contributed by atoms with E-state index in [1.54, 1.807) is 11.3 Å². The summed E-state index contributed by atoms with van der Waals surface area (Å²) < 4.78 is 2.42. The predicted molar refractivity (Wildman–Crippen MR) is 258 cm³/mol. The third-order valence-corrected chi connectivity index (χ3v) is 13.2. The number of rotatable bonds is 6. The van der Waals surface area contributed by atoms with Gasteiger partial charge in [-0.1, -0.05) is 194 Å². The molecule has 61 heavy (non-hydrogen) atoms. The fourth-order valence-electron chi connectivity index (χ4n) is 9.16. The molecule has 2 heterocycles. The molecule has 0 saturated heterocycles. The summed E-state index contributed by atoms with van der Waals surface area (Å²) in [5.74, 6) is 1.95. The SMILES string of the molecule is c1ccc(-c2nc(-c3ccc(-c4c(-c5c(-c6ccccc6)ccc6ccccc56)ccc5ccccc45)c4ccccc34)nc(-c3cccc4c3sc3ccccc34)n2)cc1. The third-order valence-electron chi connectivity index (χ3n) is 12.0. The van der Waals surface area contributed by atoms with Gasteiger partial charge in [0.1, 0.15) is 0 Å². The molecular weight excluding hydrogens is 759 g/mol. The Morgan fingerprint density at radius 3 is 1.44 bits per heavy atom. The van der Waals surface area contributed by atoms with Crippen LogP contribution in [0, 0.1) is 0 Å². The highest BCUT2D eigenvalue weighted by Crippen LogP contribution is 2.48. The van der Waals surface area contributed by atoms with Gasteiger partial charge in [-0.25, -0.2) is 15.0 Å². The maximum absolute atomic E-state index is 5.35. The zero-order chi connectivity index (χ0) is 40.3. The van der Waals surface area contributed by atoms with Gasteiger partial charge in [-0.2, -0.15) is 0 Å². The molecule has 2 aromatic heterocycles. The zero-order valence-corrected chi connectivity index (χ0v) is 33.8. The third kappa shape index (κ3) is 5.91. The standard InChI is InChI=1S/C57H35N3S/c1-3-16-36(17-4-1)42-32-30-37-18-7-9-22-40(37)52(42)49-33-31-38-19-8-10-23-41(38)53(49)46-34-35-48(44-25-12-11-24-43(44)46)56-58-55(39-20-5-2-6-21-39)59-57(60-56)50-28-15-27-47-45-26-13-14-29-51(45)61-54(47)50/h1-35H. The minimum atomic E-state index is 0.642. The minimum absolute atomic E-state index is 0.642. The van der Waals surface area contributed by atoms with Crippen LogP contribution < -0.4 is 0 Å². The number of hydrogen-bond donors (Lipinski definition) is 0. The summed E-state index contributed by atoms with van der Waals surface area (Å²) in [6, 6.07) is 76.0. The van der Waals surface area contributed by atoms with Crippen molar-refractivity contribution in [2.24, 2.45) is 0 Å². The molecule has 0 atom stereocenters. The van der Waals surface area contributed by atoms with Gasteiger partial charge < -0.3 is 0 Å². The van der Waals surface area contributed by atoms with Crippen molar-refractivity contribution in [1.82, 2.24) is 15.0 Å². The largest absolute Gasteiger partial charge is 0.208 e. The van der Waals surface area contributed by atoms with Crippen molar-refractivity contribution in [1.29, 1.82) is 0 Å². The van der Waals surface area contributed by atoms with Crippen molar-refractivity contribution in [3.05, 3.63) is 212 Å². The van der Waals surface area contributed by atoms with E-state index in [0.717, 1.165) is 33.0 Å². The maximum atomic E-state index is 5.35. The second kappa shape index (κ2) is 14.5. The van der Waals surface area contributed by atoms with Crippen molar-refractivity contribution < 1.29 is 0 Å². The first-order valence-electron chi connectivity index (χ1n) is 20.6. The molecule has 0 bridgehead atoms. The second-order valence-electron chi connectivity index (χ2n) is 15.4. The highest BCUT2D eigenvalue weighted by atomic mass is 32.1. The number of benzene rings is 10. The van der Waals surface area contributed by atoms with Crippen molar-refractivity contribution in [2.45, 2.75) is 0 Å². The zero-order valence-electron chi connectivity index (χ0n) is 33.0. The van der Waals surface area contributed by atoms with Crippen LogP contribution >= 0.6 is 11.3 Å². The van der Waals surface area contributed by atoms with E-state index in [1.807, 2.05) is 18.2 Å². The lowest BCUT2D eigenvalue weighted by atomic mass is 9.82. The first-order valence-corrected chi connectivity index (χ1v) is 21.4. The molecule has 4 heteroatoms. The van der Waals surface area contributed by atoms with Gasteiger partial charge >= 0.3 is 0 Å². The summed E-state index contributed by atoms with van der Waals surface area (Å²) in [5.41, 5.74) is 10.1. The minimum Gasteiger partial charge on any atom is -0.208 e. The maximum Gasteiger partial charge on any atom is 0.165 e. The van der Waals surface area contributed by atoms with Crippen LogP contribution in [0.15, 0.2) is 212 Å². The molecule has 0 radical (unpaired) electrons. The van der Waals surface area contributed by atoms with Crippen LogP contribution in [0.5, 0.6) is 0 Å². The van der Waals surface area contributed by atoms with Gasteiger partial charge in [-0.15, -0.1) is 11.3 Å². The number of fused-ring (bicyclic) bond motifs is 6. The van der Waals surface area contributed by atoms with Crippen LogP contribution in [-0.2, 0) is 0 Å². The van der Waals surface area contributed by atoms with E-state index in [4.69, 9.17) is 15.0 Å². The normalized spacial score (nSPS) is 11.6. The molecule has 0 amide bonds. The number of hydrogen-bond acceptors (Lipinski definition) is 4. The molecule has 0 aliphatic heterocycles. The smallest absolute Gasteiger partial charge is 0.165 e. The number of aromatic nitrogens is 3. The Morgan fingerprint density at radius 2 is 0.738 bits per heavy atom. The topological polar surface area (TPSA) is 38.7 Å². The molecule has 12 aromatic rings. The lowest BCUT2D eigenvalue weighted by Gasteiger charge is -2.21. The first-order chi connectivity index (χ1) is 30.3. The van der Waals surface area contributed by atoms with Crippen molar-refractivity contribution in [3.8, 4) is 67.5 Å². The molecule has 0 N–H and O–H groups in total. The Bertz CT molecular complexity index is 3650. The van der Waals surface area contributed by atoms with E-state index < -0.39 is 0 Å². The summed E-state index contributed by atoms with van der Waals surface area (Å²) in [6.07, 6.45) is 0. The summed E-state index contributed by atoms with van der Waals surface area (Å²) in [5, 5.41) is 9.50. The highest BCUT2D eigenvalue weighted by molar-refractivity contribution is 7.26. The quantitative estimate of drug-likeness (QED) is 0.168. The van der Waals surface area contributed by atoms with E-state index in [-0.39, 0.29) is 0 Å². The van der Waals surface area contributed by atoms with Gasteiger partial charge in [0.25, 0.3) is 0 Å². The van der Waals surface area contributed by atoms with E-state index in [1.165, 1.54) is 69.5 Å². The van der Waals surface area contributed by atoms with Crippen molar-refractivity contribution in [2.75, 3.05) is 0 Å². The molecule has 0 aliphatic carbocycles. The lowest BCUT2D eigenvalue weighted by Crippen LogP contribution is -2.01. The van der Waals surface area contributed by atoms with E-state index >= 15 is 0 Å². The van der Waals surface area contributed by atoms with E-state index in [2.05, 4.69) is 194 Å². The lowest BCUT2D eigenvalue weighted by molar-refractivity contribution is 1.08. The van der Waals surface area contributed by atoms with Gasteiger partial charge in [0.2, 0.25) is 0 Å². The van der Waals surface area contributed by atoms with Crippen LogP contribution in [0.4, 0.5) is 0 Å². The van der Waals surface area contributed by atoms with Gasteiger partial charge in [0.05, 0.1) is 0 Å². The highest BCUT2D eigenvalue weighted by Gasteiger charge is 2.22. The van der Waals surface area contributed by atoms with Gasteiger partial charge in [-0.3, -0.25) is 0 Å². The van der Waals surface area contributed by atoms with Gasteiger partial charge in [-0.05, 0) is 83.9 Å². The van der Waals surface area contributed by atoms with Crippen LogP contribution in [0.1, 0.15) is 0 Å². The summed E-state index contributed by atoms with van der Waals surface area (Å²) in [6.45, 7) is 0. The fraction of sp³-hybridized carbons (Fsp3) is 0. The predicted octanol–water partition coefficient (Wildman–Crippen LogP) is 15.7. The molecule has 284 valence electrons. The van der Waals surface area contributed by atoms with Gasteiger partial charge in [0.15, 0.2) is 17.5 Å². The molecule has 0 fully saturated rings. The molecule has 10 aromatic carbocycles. The average molecular weight is 794 g/mol.